The molecule has 1 heterocycles. The Morgan fingerprint density at radius 1 is 0.867 bits per heavy atom. The molecule has 0 saturated heterocycles. The van der Waals surface area contributed by atoms with Crippen molar-refractivity contribution in [2.75, 3.05) is 6.61 Å². The fourth-order valence-electron chi connectivity index (χ4n) is 4.27. The second-order valence-electron chi connectivity index (χ2n) is 9.51. The van der Waals surface area contributed by atoms with Crippen molar-refractivity contribution in [3.05, 3.63) is 75.5 Å². The van der Waals surface area contributed by atoms with Gasteiger partial charge in [0.2, 0.25) is 0 Å². The Morgan fingerprint density at radius 3 is 1.93 bits per heavy atom. The van der Waals surface area contributed by atoms with Gasteiger partial charge in [-0.1, -0.05) is 65.0 Å². The normalized spacial score (nSPS) is 12.2. The molecule has 30 heavy (non-hydrogen) atoms. The Kier molecular flexibility index (Phi) is 6.77. The fraction of sp³-hybridized carbons (Fsp3) is 0.429. The summed E-state index contributed by atoms with van der Waals surface area (Å²) < 4.78 is 6.40. The quantitative estimate of drug-likeness (QED) is 0.372. The highest BCUT2D eigenvalue weighted by Crippen LogP contribution is 2.37. The van der Waals surface area contributed by atoms with E-state index in [1.54, 1.807) is 0 Å². The van der Waals surface area contributed by atoms with Crippen molar-refractivity contribution in [1.82, 2.24) is 0 Å². The predicted octanol–water partition coefficient (Wildman–Crippen LogP) is 8.47. The molecular weight excluding hydrogens is 384 g/mol. The van der Waals surface area contributed by atoms with Crippen LogP contribution in [0, 0.1) is 13.8 Å². The summed E-state index contributed by atoms with van der Waals surface area (Å²) in [5, 5.41) is 2.17. The first-order chi connectivity index (χ1) is 14.2. The lowest BCUT2D eigenvalue weighted by Gasteiger charge is -2.31. The van der Waals surface area contributed by atoms with Gasteiger partial charge in [-0.15, -0.1) is 11.3 Å². The lowest BCUT2D eigenvalue weighted by molar-refractivity contribution is 0.206. The van der Waals surface area contributed by atoms with Gasteiger partial charge >= 0.3 is 0 Å². The maximum absolute atomic E-state index is 6.40. The van der Waals surface area contributed by atoms with Gasteiger partial charge in [0.15, 0.2) is 0 Å². The molecule has 0 N–H and O–H groups in total. The average molecular weight is 421 g/mol. The molecule has 3 aromatic rings. The van der Waals surface area contributed by atoms with E-state index in [2.05, 4.69) is 102 Å². The Morgan fingerprint density at radius 2 is 1.47 bits per heavy atom. The van der Waals surface area contributed by atoms with E-state index in [1.807, 2.05) is 11.3 Å². The topological polar surface area (TPSA) is 9.23 Å². The SMILES string of the molecule is CCC(CC)(COc1cc(C)c(-c2ccc(C(C)(C)C)cc2)c(C)c1)c1cccs1. The largest absolute Gasteiger partial charge is 0.493 e. The number of thiophene rings is 1. The van der Waals surface area contributed by atoms with E-state index in [0.717, 1.165) is 25.2 Å². The molecule has 1 aromatic heterocycles. The van der Waals surface area contributed by atoms with Crippen molar-refractivity contribution in [3.8, 4) is 16.9 Å². The summed E-state index contributed by atoms with van der Waals surface area (Å²) in [6, 6.07) is 17.8. The van der Waals surface area contributed by atoms with Gasteiger partial charge in [0, 0.05) is 10.3 Å². The summed E-state index contributed by atoms with van der Waals surface area (Å²) in [7, 11) is 0. The van der Waals surface area contributed by atoms with E-state index in [9.17, 15) is 0 Å². The highest BCUT2D eigenvalue weighted by Gasteiger charge is 2.30. The van der Waals surface area contributed by atoms with Gasteiger partial charge in [-0.25, -0.2) is 0 Å². The van der Waals surface area contributed by atoms with E-state index < -0.39 is 0 Å². The zero-order chi connectivity index (χ0) is 21.9. The van der Waals surface area contributed by atoms with Crippen LogP contribution in [0.2, 0.25) is 0 Å². The Labute approximate surface area is 187 Å². The lowest BCUT2D eigenvalue weighted by Crippen LogP contribution is -2.31. The average Bonchev–Trinajstić information content (AvgIpc) is 3.24. The van der Waals surface area contributed by atoms with Crippen molar-refractivity contribution in [2.24, 2.45) is 0 Å². The van der Waals surface area contributed by atoms with Gasteiger partial charge < -0.3 is 4.74 Å². The van der Waals surface area contributed by atoms with Crippen LogP contribution < -0.4 is 4.74 Å². The number of hydrogen-bond donors (Lipinski definition) is 0. The van der Waals surface area contributed by atoms with Crippen LogP contribution in [-0.2, 0) is 10.8 Å². The number of aryl methyl sites for hydroxylation is 2. The van der Waals surface area contributed by atoms with E-state index in [1.165, 1.54) is 32.7 Å². The van der Waals surface area contributed by atoms with Gasteiger partial charge in [0.25, 0.3) is 0 Å². The molecule has 0 bridgehead atoms. The smallest absolute Gasteiger partial charge is 0.119 e. The molecular formula is C28H36OS. The van der Waals surface area contributed by atoms with Crippen molar-refractivity contribution in [3.63, 3.8) is 0 Å². The van der Waals surface area contributed by atoms with E-state index in [4.69, 9.17) is 4.74 Å². The number of benzene rings is 2. The Bertz CT molecular complexity index is 932. The van der Waals surface area contributed by atoms with Crippen LogP contribution in [-0.4, -0.2) is 6.61 Å². The van der Waals surface area contributed by atoms with Crippen molar-refractivity contribution < 1.29 is 4.74 Å². The minimum Gasteiger partial charge on any atom is -0.493 e. The molecule has 0 atom stereocenters. The Balaban J connectivity index is 1.84. The molecule has 2 aromatic carbocycles. The van der Waals surface area contributed by atoms with E-state index >= 15 is 0 Å². The first-order valence-electron chi connectivity index (χ1n) is 11.1. The Hall–Kier alpha value is -2.06. The van der Waals surface area contributed by atoms with Crippen LogP contribution in [0.1, 0.15) is 69.0 Å². The zero-order valence-electron chi connectivity index (χ0n) is 19.6. The molecule has 1 nitrogen and oxygen atoms in total. The first kappa shape index (κ1) is 22.6. The summed E-state index contributed by atoms with van der Waals surface area (Å²) in [4.78, 5) is 1.43. The van der Waals surface area contributed by atoms with Gasteiger partial charge in [0.1, 0.15) is 5.75 Å². The molecule has 0 spiro atoms. The molecule has 0 aliphatic heterocycles. The van der Waals surface area contributed by atoms with Crippen LogP contribution in [0.5, 0.6) is 5.75 Å². The van der Waals surface area contributed by atoms with Crippen molar-refractivity contribution in [2.45, 2.75) is 72.1 Å². The van der Waals surface area contributed by atoms with E-state index in [-0.39, 0.29) is 10.8 Å². The third kappa shape index (κ3) is 4.64. The molecule has 2 heteroatoms. The monoisotopic (exact) mass is 420 g/mol. The number of ether oxygens (including phenoxy) is 1. The standard InChI is InChI=1S/C28H36OS/c1-8-28(9-2,25-11-10-16-30-25)19-29-24-17-20(3)26(21(4)18-24)22-12-14-23(15-13-22)27(5,6)7/h10-18H,8-9,19H2,1-7H3. The zero-order valence-corrected chi connectivity index (χ0v) is 20.5. The first-order valence-corrected chi connectivity index (χ1v) is 12.0. The van der Waals surface area contributed by atoms with Gasteiger partial charge in [0.05, 0.1) is 6.61 Å². The number of rotatable bonds is 7. The third-order valence-corrected chi connectivity index (χ3v) is 7.57. The molecule has 3 rings (SSSR count). The second kappa shape index (κ2) is 8.98. The molecule has 0 aliphatic carbocycles. The third-order valence-electron chi connectivity index (χ3n) is 6.46. The molecule has 0 fully saturated rings. The second-order valence-corrected chi connectivity index (χ2v) is 10.5. The van der Waals surface area contributed by atoms with Gasteiger partial charge in [-0.3, -0.25) is 0 Å². The molecule has 0 radical (unpaired) electrons. The van der Waals surface area contributed by atoms with Crippen molar-refractivity contribution >= 4 is 11.3 Å². The maximum atomic E-state index is 6.40. The van der Waals surface area contributed by atoms with Gasteiger partial charge in [-0.2, -0.15) is 0 Å². The summed E-state index contributed by atoms with van der Waals surface area (Å²) in [6.07, 6.45) is 2.17. The van der Waals surface area contributed by atoms with Gasteiger partial charge in [-0.05, 0) is 83.5 Å². The van der Waals surface area contributed by atoms with Crippen LogP contribution >= 0.6 is 11.3 Å². The summed E-state index contributed by atoms with van der Waals surface area (Å²) in [5.74, 6) is 0.975. The van der Waals surface area contributed by atoms with Crippen LogP contribution in [0.25, 0.3) is 11.1 Å². The highest BCUT2D eigenvalue weighted by molar-refractivity contribution is 7.10. The van der Waals surface area contributed by atoms with Crippen LogP contribution in [0.3, 0.4) is 0 Å². The minimum atomic E-state index is 0.0947. The minimum absolute atomic E-state index is 0.0947. The molecule has 160 valence electrons. The lowest BCUT2D eigenvalue weighted by atomic mass is 9.81. The summed E-state index contributed by atoms with van der Waals surface area (Å²) >= 11 is 1.84. The summed E-state index contributed by atoms with van der Waals surface area (Å²) in [6.45, 7) is 16.4. The van der Waals surface area contributed by atoms with Crippen LogP contribution in [0.4, 0.5) is 0 Å². The molecule has 0 amide bonds. The predicted molar refractivity (Wildman–Crippen MR) is 132 cm³/mol. The molecule has 0 saturated carbocycles. The van der Waals surface area contributed by atoms with Crippen molar-refractivity contribution in [1.29, 1.82) is 0 Å². The highest BCUT2D eigenvalue weighted by atomic mass is 32.1. The molecule has 0 unspecified atom stereocenters. The number of hydrogen-bond acceptors (Lipinski definition) is 2. The van der Waals surface area contributed by atoms with E-state index in [0.29, 0.717) is 0 Å². The maximum Gasteiger partial charge on any atom is 0.119 e. The fourth-order valence-corrected chi connectivity index (χ4v) is 5.33. The molecule has 0 aliphatic rings. The summed E-state index contributed by atoms with van der Waals surface area (Å²) in [5.41, 5.74) is 6.76. The van der Waals surface area contributed by atoms with Crippen LogP contribution in [0.15, 0.2) is 53.9 Å².